The molecule has 1 saturated carbocycles. The Hall–Kier alpha value is -2.43. The van der Waals surface area contributed by atoms with Gasteiger partial charge in [0.1, 0.15) is 0 Å². The van der Waals surface area contributed by atoms with E-state index in [2.05, 4.69) is 27.5 Å². The van der Waals surface area contributed by atoms with Gasteiger partial charge in [0.25, 0.3) is 5.91 Å². The first-order valence-corrected chi connectivity index (χ1v) is 9.65. The molecule has 1 atom stereocenters. The third-order valence-electron chi connectivity index (χ3n) is 5.06. The molecule has 1 fully saturated rings. The first-order valence-electron chi connectivity index (χ1n) is 9.65. The highest BCUT2D eigenvalue weighted by atomic mass is 16.1. The van der Waals surface area contributed by atoms with Crippen LogP contribution < -0.4 is 10.6 Å². The highest BCUT2D eigenvalue weighted by molar-refractivity contribution is 5.94. The predicted octanol–water partition coefficient (Wildman–Crippen LogP) is 4.42. The average molecular weight is 352 g/mol. The van der Waals surface area contributed by atoms with Crippen LogP contribution >= 0.6 is 0 Å². The topological polar surface area (TPSA) is 66.9 Å². The molecule has 2 N–H and O–H groups in total. The number of hydrogen-bond acceptors (Lipinski definition) is 4. The average Bonchev–Trinajstić information content (AvgIpc) is 2.69. The van der Waals surface area contributed by atoms with Crippen LogP contribution in [0.2, 0.25) is 0 Å². The SMILES string of the molecule is CCC(C)NC(=O)c1ccc(-c2cnc(NC3CCCCC3)nc2)cc1. The number of carbonyl (C=O) groups excluding carboxylic acids is 1. The number of benzene rings is 1. The van der Waals surface area contributed by atoms with Crippen molar-refractivity contribution in [3.05, 3.63) is 42.2 Å². The second-order valence-electron chi connectivity index (χ2n) is 7.13. The normalized spacial score (nSPS) is 16.1. The fourth-order valence-corrected chi connectivity index (χ4v) is 3.20. The third-order valence-corrected chi connectivity index (χ3v) is 5.06. The lowest BCUT2D eigenvalue weighted by atomic mass is 9.96. The number of hydrogen-bond donors (Lipinski definition) is 2. The van der Waals surface area contributed by atoms with Crippen molar-refractivity contribution in [1.82, 2.24) is 15.3 Å². The van der Waals surface area contributed by atoms with Crippen molar-refractivity contribution in [2.24, 2.45) is 0 Å². The molecule has 1 aliphatic carbocycles. The first-order chi connectivity index (χ1) is 12.7. The van der Waals surface area contributed by atoms with Gasteiger partial charge < -0.3 is 10.6 Å². The van der Waals surface area contributed by atoms with E-state index in [1.165, 1.54) is 32.1 Å². The molecule has 1 aromatic heterocycles. The monoisotopic (exact) mass is 352 g/mol. The predicted molar refractivity (Wildman–Crippen MR) is 105 cm³/mol. The van der Waals surface area contributed by atoms with E-state index >= 15 is 0 Å². The van der Waals surface area contributed by atoms with E-state index in [9.17, 15) is 4.79 Å². The summed E-state index contributed by atoms with van der Waals surface area (Å²) in [5.41, 5.74) is 2.63. The van der Waals surface area contributed by atoms with Crippen LogP contribution in [-0.2, 0) is 0 Å². The molecule has 1 unspecified atom stereocenters. The van der Waals surface area contributed by atoms with Crippen molar-refractivity contribution < 1.29 is 4.79 Å². The molecule has 0 bridgehead atoms. The summed E-state index contributed by atoms with van der Waals surface area (Å²) in [7, 11) is 0. The number of aromatic nitrogens is 2. The van der Waals surface area contributed by atoms with Gasteiger partial charge in [-0.05, 0) is 43.9 Å². The molecular weight excluding hydrogens is 324 g/mol. The molecule has 2 aromatic rings. The zero-order chi connectivity index (χ0) is 18.4. The van der Waals surface area contributed by atoms with Gasteiger partial charge in [-0.2, -0.15) is 0 Å². The van der Waals surface area contributed by atoms with E-state index in [1.54, 1.807) is 0 Å². The van der Waals surface area contributed by atoms with E-state index in [-0.39, 0.29) is 11.9 Å². The lowest BCUT2D eigenvalue weighted by Crippen LogP contribution is -2.31. The molecule has 1 aliphatic rings. The first kappa shape index (κ1) is 18.4. The van der Waals surface area contributed by atoms with E-state index in [0.717, 1.165) is 17.5 Å². The Morgan fingerprint density at radius 2 is 1.73 bits per heavy atom. The lowest BCUT2D eigenvalue weighted by molar-refractivity contribution is 0.0939. The molecule has 0 saturated heterocycles. The molecule has 1 amide bonds. The Labute approximate surface area is 155 Å². The van der Waals surface area contributed by atoms with Gasteiger partial charge in [-0.3, -0.25) is 4.79 Å². The number of amides is 1. The smallest absolute Gasteiger partial charge is 0.251 e. The van der Waals surface area contributed by atoms with Gasteiger partial charge in [0.05, 0.1) is 0 Å². The maximum absolute atomic E-state index is 12.2. The van der Waals surface area contributed by atoms with Crippen molar-refractivity contribution in [3.8, 4) is 11.1 Å². The van der Waals surface area contributed by atoms with Crippen LogP contribution in [0.4, 0.5) is 5.95 Å². The van der Waals surface area contributed by atoms with Crippen molar-refractivity contribution in [3.63, 3.8) is 0 Å². The lowest BCUT2D eigenvalue weighted by Gasteiger charge is -2.22. The maximum Gasteiger partial charge on any atom is 0.251 e. The van der Waals surface area contributed by atoms with E-state index in [1.807, 2.05) is 43.6 Å². The summed E-state index contributed by atoms with van der Waals surface area (Å²) in [6.07, 6.45) is 10.9. The van der Waals surface area contributed by atoms with Crippen LogP contribution in [0.15, 0.2) is 36.7 Å². The molecule has 0 aliphatic heterocycles. The Morgan fingerprint density at radius 3 is 2.35 bits per heavy atom. The largest absolute Gasteiger partial charge is 0.351 e. The van der Waals surface area contributed by atoms with Crippen LogP contribution in [0.3, 0.4) is 0 Å². The fourth-order valence-electron chi connectivity index (χ4n) is 3.20. The summed E-state index contributed by atoms with van der Waals surface area (Å²) in [6.45, 7) is 4.06. The van der Waals surface area contributed by atoms with Crippen LogP contribution in [0.5, 0.6) is 0 Å². The summed E-state index contributed by atoms with van der Waals surface area (Å²) in [5.74, 6) is 0.666. The van der Waals surface area contributed by atoms with Crippen LogP contribution in [0, 0.1) is 0 Å². The van der Waals surface area contributed by atoms with Crippen LogP contribution in [-0.4, -0.2) is 28.0 Å². The van der Waals surface area contributed by atoms with Gasteiger partial charge in [-0.25, -0.2) is 9.97 Å². The summed E-state index contributed by atoms with van der Waals surface area (Å²) >= 11 is 0. The van der Waals surface area contributed by atoms with E-state index < -0.39 is 0 Å². The maximum atomic E-state index is 12.2. The molecule has 5 nitrogen and oxygen atoms in total. The third kappa shape index (κ3) is 4.81. The molecule has 0 radical (unpaired) electrons. The molecule has 1 heterocycles. The Bertz CT molecular complexity index is 706. The minimum atomic E-state index is -0.0332. The number of nitrogens with zero attached hydrogens (tertiary/aromatic N) is 2. The molecule has 138 valence electrons. The number of carbonyl (C=O) groups is 1. The zero-order valence-electron chi connectivity index (χ0n) is 15.7. The van der Waals surface area contributed by atoms with Gasteiger partial charge in [-0.1, -0.05) is 38.3 Å². The van der Waals surface area contributed by atoms with E-state index in [4.69, 9.17) is 0 Å². The number of rotatable bonds is 6. The molecule has 26 heavy (non-hydrogen) atoms. The zero-order valence-corrected chi connectivity index (χ0v) is 15.7. The second kappa shape index (κ2) is 8.79. The molecule has 1 aromatic carbocycles. The van der Waals surface area contributed by atoms with E-state index in [0.29, 0.717) is 17.6 Å². The molecule has 5 heteroatoms. The summed E-state index contributed by atoms with van der Waals surface area (Å²) in [5, 5.41) is 6.41. The fraction of sp³-hybridized carbons (Fsp3) is 0.476. The highest BCUT2D eigenvalue weighted by Crippen LogP contribution is 2.22. The van der Waals surface area contributed by atoms with Gasteiger partial charge >= 0.3 is 0 Å². The van der Waals surface area contributed by atoms with Gasteiger partial charge in [0.2, 0.25) is 5.95 Å². The molecular formula is C21H28N4O. The van der Waals surface area contributed by atoms with Crippen molar-refractivity contribution in [2.45, 2.75) is 64.5 Å². The van der Waals surface area contributed by atoms with Crippen molar-refractivity contribution >= 4 is 11.9 Å². The van der Waals surface area contributed by atoms with Gasteiger partial charge in [-0.15, -0.1) is 0 Å². The van der Waals surface area contributed by atoms with Crippen LogP contribution in [0.1, 0.15) is 62.7 Å². The van der Waals surface area contributed by atoms with Crippen LogP contribution in [0.25, 0.3) is 11.1 Å². The molecule has 3 rings (SSSR count). The number of anilines is 1. The number of nitrogens with one attached hydrogen (secondary N) is 2. The summed E-state index contributed by atoms with van der Waals surface area (Å²) < 4.78 is 0. The Morgan fingerprint density at radius 1 is 1.08 bits per heavy atom. The highest BCUT2D eigenvalue weighted by Gasteiger charge is 2.14. The molecule has 0 spiro atoms. The Balaban J connectivity index is 1.62. The van der Waals surface area contributed by atoms with Gasteiger partial charge in [0, 0.05) is 35.6 Å². The van der Waals surface area contributed by atoms with Crippen molar-refractivity contribution in [2.75, 3.05) is 5.32 Å². The minimum absolute atomic E-state index is 0.0332. The summed E-state index contributed by atoms with van der Waals surface area (Å²) in [4.78, 5) is 21.1. The summed E-state index contributed by atoms with van der Waals surface area (Å²) in [6, 6.07) is 8.26. The van der Waals surface area contributed by atoms with Gasteiger partial charge in [0.15, 0.2) is 0 Å². The minimum Gasteiger partial charge on any atom is -0.351 e. The quantitative estimate of drug-likeness (QED) is 0.808. The standard InChI is InChI=1S/C21H28N4O/c1-3-15(2)24-20(26)17-11-9-16(10-12-17)18-13-22-21(23-14-18)25-19-7-5-4-6-8-19/h9-15,19H,3-8H2,1-2H3,(H,24,26)(H,22,23,25). The van der Waals surface area contributed by atoms with Crippen molar-refractivity contribution in [1.29, 1.82) is 0 Å². The Kier molecular flexibility index (Phi) is 6.21. The second-order valence-corrected chi connectivity index (χ2v) is 7.13.